The molecule has 7 heteroatoms. The Labute approximate surface area is 166 Å². The van der Waals surface area contributed by atoms with Crippen LogP contribution in [0, 0.1) is 5.82 Å². The quantitative estimate of drug-likeness (QED) is 0.673. The molecular formula is C22H19FN4O2. The molecule has 1 saturated carbocycles. The normalized spacial score (nSPS) is 16.7. The molecule has 2 aromatic carbocycles. The minimum atomic E-state index is -0.376. The third-order valence-electron chi connectivity index (χ3n) is 5.38. The van der Waals surface area contributed by atoms with Gasteiger partial charge in [-0.1, -0.05) is 18.2 Å². The number of imide groups is 1. The lowest BCUT2D eigenvalue weighted by atomic mass is 10.0. The first kappa shape index (κ1) is 17.7. The summed E-state index contributed by atoms with van der Waals surface area (Å²) in [5, 5.41) is 4.14. The van der Waals surface area contributed by atoms with Gasteiger partial charge in [0.1, 0.15) is 18.0 Å². The Kier molecular flexibility index (Phi) is 4.23. The van der Waals surface area contributed by atoms with Crippen LogP contribution in [0.3, 0.4) is 0 Å². The van der Waals surface area contributed by atoms with Gasteiger partial charge in [0.05, 0.1) is 12.1 Å². The second-order valence-electron chi connectivity index (χ2n) is 7.56. The van der Waals surface area contributed by atoms with Gasteiger partial charge in [0.2, 0.25) is 11.8 Å². The number of halogens is 1. The van der Waals surface area contributed by atoms with E-state index in [2.05, 4.69) is 15.3 Å². The molecule has 0 radical (unpaired) electrons. The van der Waals surface area contributed by atoms with Gasteiger partial charge in [-0.25, -0.2) is 14.4 Å². The van der Waals surface area contributed by atoms with E-state index in [0.717, 1.165) is 23.8 Å². The smallest absolute Gasteiger partial charge is 0.229 e. The average Bonchev–Trinajstić information content (AvgIpc) is 3.48. The molecule has 0 unspecified atom stereocenters. The number of aromatic nitrogens is 2. The van der Waals surface area contributed by atoms with Crippen LogP contribution in [0.25, 0.3) is 22.0 Å². The number of anilines is 1. The first-order valence-corrected chi connectivity index (χ1v) is 9.72. The number of hydrogen-bond acceptors (Lipinski definition) is 5. The van der Waals surface area contributed by atoms with Gasteiger partial charge in [-0.15, -0.1) is 0 Å². The molecule has 6 nitrogen and oxygen atoms in total. The number of rotatable bonds is 5. The van der Waals surface area contributed by atoms with E-state index in [0.29, 0.717) is 28.5 Å². The van der Waals surface area contributed by atoms with Crippen LogP contribution < -0.4 is 5.32 Å². The molecule has 5 rings (SSSR count). The predicted octanol–water partition coefficient (Wildman–Crippen LogP) is 3.66. The van der Waals surface area contributed by atoms with Gasteiger partial charge in [0.25, 0.3) is 0 Å². The topological polar surface area (TPSA) is 75.2 Å². The third kappa shape index (κ3) is 3.44. The summed E-state index contributed by atoms with van der Waals surface area (Å²) in [7, 11) is 0. The number of amides is 2. The fourth-order valence-corrected chi connectivity index (χ4v) is 3.65. The molecule has 1 aliphatic heterocycles. The minimum Gasteiger partial charge on any atom is -0.367 e. The molecule has 2 fully saturated rings. The van der Waals surface area contributed by atoms with E-state index in [1.807, 2.05) is 24.3 Å². The van der Waals surface area contributed by atoms with Crippen LogP contribution in [0.15, 0.2) is 42.7 Å². The number of benzene rings is 2. The van der Waals surface area contributed by atoms with Crippen molar-refractivity contribution < 1.29 is 14.0 Å². The van der Waals surface area contributed by atoms with Gasteiger partial charge in [0.15, 0.2) is 0 Å². The zero-order valence-corrected chi connectivity index (χ0v) is 15.7. The van der Waals surface area contributed by atoms with Gasteiger partial charge in [-0.05, 0) is 36.1 Å². The van der Waals surface area contributed by atoms with Crippen molar-refractivity contribution in [3.05, 3.63) is 54.1 Å². The van der Waals surface area contributed by atoms with E-state index in [9.17, 15) is 14.0 Å². The van der Waals surface area contributed by atoms with Gasteiger partial charge in [-0.2, -0.15) is 0 Å². The number of nitrogens with zero attached hydrogens (tertiary/aromatic N) is 3. The van der Waals surface area contributed by atoms with E-state index in [4.69, 9.17) is 0 Å². The lowest BCUT2D eigenvalue weighted by molar-refractivity contribution is -0.139. The Bertz CT molecular complexity index is 1130. The van der Waals surface area contributed by atoms with Crippen molar-refractivity contribution in [3.8, 4) is 11.1 Å². The molecule has 2 heterocycles. The van der Waals surface area contributed by atoms with Gasteiger partial charge >= 0.3 is 0 Å². The minimum absolute atomic E-state index is 0.162. The molecule has 1 N–H and O–H groups in total. The lowest BCUT2D eigenvalue weighted by Crippen LogP contribution is -2.28. The lowest BCUT2D eigenvalue weighted by Gasteiger charge is -2.15. The molecular weight excluding hydrogens is 371 g/mol. The standard InChI is InChI=1S/C22H19FN4O2/c23-18-10-19-17(22(25-12-24-19)26-15-4-5-15)9-16(18)14-3-1-2-13(8-14)11-27-20(28)6-7-21(27)29/h1-3,8-10,12,15H,4-7,11H2,(H,24,25,26). The summed E-state index contributed by atoms with van der Waals surface area (Å²) in [5.41, 5.74) is 2.45. The van der Waals surface area contributed by atoms with Gasteiger partial charge in [0, 0.05) is 35.9 Å². The zero-order chi connectivity index (χ0) is 20.0. The summed E-state index contributed by atoms with van der Waals surface area (Å²) < 4.78 is 14.9. The van der Waals surface area contributed by atoms with Crippen molar-refractivity contribution >= 4 is 28.5 Å². The van der Waals surface area contributed by atoms with Gasteiger partial charge in [-0.3, -0.25) is 14.5 Å². The van der Waals surface area contributed by atoms with Crippen molar-refractivity contribution in [2.75, 3.05) is 5.32 Å². The SMILES string of the molecule is O=C1CCC(=O)N1Cc1cccc(-c2cc3c(NC4CC4)ncnc3cc2F)c1. The monoisotopic (exact) mass is 390 g/mol. The first-order chi connectivity index (χ1) is 14.1. The summed E-state index contributed by atoms with van der Waals surface area (Å²) in [4.78, 5) is 33.6. The van der Waals surface area contributed by atoms with Crippen LogP contribution in [-0.2, 0) is 16.1 Å². The molecule has 146 valence electrons. The molecule has 3 aromatic rings. The van der Waals surface area contributed by atoms with E-state index >= 15 is 0 Å². The maximum Gasteiger partial charge on any atom is 0.229 e. The second kappa shape index (κ2) is 6.92. The van der Waals surface area contributed by atoms with E-state index in [1.165, 1.54) is 17.3 Å². The van der Waals surface area contributed by atoms with E-state index in [1.54, 1.807) is 6.07 Å². The highest BCUT2D eigenvalue weighted by atomic mass is 19.1. The number of carbonyl (C=O) groups excluding carboxylic acids is 2. The Hall–Kier alpha value is -3.35. The highest BCUT2D eigenvalue weighted by Crippen LogP contribution is 2.32. The van der Waals surface area contributed by atoms with Crippen LogP contribution in [0.5, 0.6) is 0 Å². The van der Waals surface area contributed by atoms with Crippen LogP contribution in [0.4, 0.5) is 10.2 Å². The Morgan fingerprint density at radius 1 is 1.07 bits per heavy atom. The Balaban J connectivity index is 1.52. The maximum atomic E-state index is 14.9. The van der Waals surface area contributed by atoms with Crippen molar-refractivity contribution in [1.29, 1.82) is 0 Å². The number of likely N-dealkylation sites (tertiary alicyclic amines) is 1. The molecule has 0 spiro atoms. The first-order valence-electron chi connectivity index (χ1n) is 9.72. The molecule has 0 bridgehead atoms. The fraction of sp³-hybridized carbons (Fsp3) is 0.273. The van der Waals surface area contributed by atoms with Crippen LogP contribution >= 0.6 is 0 Å². The summed E-state index contributed by atoms with van der Waals surface area (Å²) in [5.74, 6) is 0.0117. The maximum absolute atomic E-state index is 14.9. The number of fused-ring (bicyclic) bond motifs is 1. The second-order valence-corrected chi connectivity index (χ2v) is 7.56. The fourth-order valence-electron chi connectivity index (χ4n) is 3.65. The summed E-state index contributed by atoms with van der Waals surface area (Å²) >= 11 is 0. The molecule has 1 aromatic heterocycles. The zero-order valence-electron chi connectivity index (χ0n) is 15.7. The van der Waals surface area contributed by atoms with E-state index in [-0.39, 0.29) is 37.0 Å². The summed E-state index contributed by atoms with van der Waals surface area (Å²) in [6.07, 6.45) is 4.17. The van der Waals surface area contributed by atoms with Crippen molar-refractivity contribution in [1.82, 2.24) is 14.9 Å². The number of nitrogens with one attached hydrogen (secondary N) is 1. The van der Waals surface area contributed by atoms with Crippen molar-refractivity contribution in [2.24, 2.45) is 0 Å². The summed E-state index contributed by atoms with van der Waals surface area (Å²) in [6.45, 7) is 0.207. The largest absolute Gasteiger partial charge is 0.367 e. The Morgan fingerprint density at radius 3 is 2.62 bits per heavy atom. The molecule has 1 saturated heterocycles. The van der Waals surface area contributed by atoms with E-state index < -0.39 is 0 Å². The van der Waals surface area contributed by atoms with Gasteiger partial charge < -0.3 is 5.32 Å². The highest BCUT2D eigenvalue weighted by molar-refractivity contribution is 6.01. The average molecular weight is 390 g/mol. The van der Waals surface area contributed by atoms with Crippen LogP contribution in [0.1, 0.15) is 31.2 Å². The molecule has 2 aliphatic rings. The van der Waals surface area contributed by atoms with Crippen molar-refractivity contribution in [2.45, 2.75) is 38.3 Å². The number of carbonyl (C=O) groups is 2. The third-order valence-corrected chi connectivity index (χ3v) is 5.38. The Morgan fingerprint density at radius 2 is 1.86 bits per heavy atom. The van der Waals surface area contributed by atoms with Crippen molar-refractivity contribution in [3.63, 3.8) is 0 Å². The molecule has 1 aliphatic carbocycles. The van der Waals surface area contributed by atoms with Crippen LogP contribution in [0.2, 0.25) is 0 Å². The molecule has 0 atom stereocenters. The van der Waals surface area contributed by atoms with Crippen LogP contribution in [-0.4, -0.2) is 32.7 Å². The summed E-state index contributed by atoms with van der Waals surface area (Å²) in [6, 6.07) is 10.9. The molecule has 29 heavy (non-hydrogen) atoms. The number of hydrogen-bond donors (Lipinski definition) is 1. The molecule has 2 amide bonds. The predicted molar refractivity (Wildman–Crippen MR) is 106 cm³/mol. The highest BCUT2D eigenvalue weighted by Gasteiger charge is 2.28.